The average molecular weight is 421 g/mol. The number of benzene rings is 3. The second kappa shape index (κ2) is 8.55. The van der Waals surface area contributed by atoms with Crippen molar-refractivity contribution in [2.45, 2.75) is 11.4 Å². The molecule has 144 valence electrons. The molecule has 0 atom stereocenters. The van der Waals surface area contributed by atoms with Crippen molar-refractivity contribution in [1.82, 2.24) is 5.32 Å². The van der Waals surface area contributed by atoms with E-state index in [1.807, 2.05) is 60.7 Å². The van der Waals surface area contributed by atoms with Gasteiger partial charge in [-0.1, -0.05) is 71.9 Å². The van der Waals surface area contributed by atoms with Crippen LogP contribution in [0.15, 0.2) is 82.6 Å². The SMILES string of the molecule is O=C1Nc2cc(C(=O)NCc3ccccc3Cl)ccc2S/C1=C\c1ccccc1. The summed E-state index contributed by atoms with van der Waals surface area (Å²) in [6, 6.07) is 22.4. The molecule has 0 spiro atoms. The van der Waals surface area contributed by atoms with Gasteiger partial charge in [-0.15, -0.1) is 0 Å². The molecule has 0 saturated carbocycles. The number of hydrogen-bond donors (Lipinski definition) is 2. The smallest absolute Gasteiger partial charge is 0.262 e. The molecule has 3 aromatic rings. The van der Waals surface area contributed by atoms with E-state index < -0.39 is 0 Å². The Balaban J connectivity index is 1.49. The first-order valence-electron chi connectivity index (χ1n) is 9.02. The van der Waals surface area contributed by atoms with Crippen molar-refractivity contribution < 1.29 is 9.59 Å². The van der Waals surface area contributed by atoms with Gasteiger partial charge in [0.1, 0.15) is 0 Å². The summed E-state index contributed by atoms with van der Waals surface area (Å²) in [5.74, 6) is -0.405. The lowest BCUT2D eigenvalue weighted by Crippen LogP contribution is -2.24. The topological polar surface area (TPSA) is 58.2 Å². The minimum absolute atomic E-state index is 0.181. The molecule has 1 aliphatic rings. The van der Waals surface area contributed by atoms with Crippen LogP contribution in [0.1, 0.15) is 21.5 Å². The van der Waals surface area contributed by atoms with Crippen LogP contribution in [-0.2, 0) is 11.3 Å². The van der Waals surface area contributed by atoms with Gasteiger partial charge in [-0.2, -0.15) is 0 Å². The zero-order valence-electron chi connectivity index (χ0n) is 15.3. The molecule has 6 heteroatoms. The van der Waals surface area contributed by atoms with Crippen molar-refractivity contribution in [3.63, 3.8) is 0 Å². The van der Waals surface area contributed by atoms with Gasteiger partial charge < -0.3 is 10.6 Å². The highest BCUT2D eigenvalue weighted by Gasteiger charge is 2.22. The Labute approximate surface area is 178 Å². The van der Waals surface area contributed by atoms with Crippen molar-refractivity contribution in [3.05, 3.63) is 99.4 Å². The Morgan fingerprint density at radius 2 is 1.79 bits per heavy atom. The first kappa shape index (κ1) is 19.3. The minimum Gasteiger partial charge on any atom is -0.348 e. The molecule has 4 rings (SSSR count). The molecular weight excluding hydrogens is 404 g/mol. The molecular formula is C23H17ClN2O2S. The van der Waals surface area contributed by atoms with E-state index in [2.05, 4.69) is 10.6 Å². The Morgan fingerprint density at radius 1 is 1.03 bits per heavy atom. The zero-order valence-corrected chi connectivity index (χ0v) is 16.9. The number of thioether (sulfide) groups is 1. The van der Waals surface area contributed by atoms with Crippen molar-refractivity contribution in [1.29, 1.82) is 0 Å². The van der Waals surface area contributed by atoms with Gasteiger partial charge in [0.05, 0.1) is 10.6 Å². The standard InChI is InChI=1S/C23H17ClN2O2S/c24-18-9-5-4-8-17(18)14-25-22(27)16-10-11-20-19(13-16)26-23(28)21(29-20)12-15-6-2-1-3-7-15/h1-13H,14H2,(H,25,27)(H,26,28)/b21-12-. The predicted molar refractivity (Wildman–Crippen MR) is 118 cm³/mol. The molecule has 4 nitrogen and oxygen atoms in total. The van der Waals surface area contributed by atoms with Gasteiger partial charge in [-0.05, 0) is 41.5 Å². The van der Waals surface area contributed by atoms with E-state index in [0.717, 1.165) is 16.0 Å². The van der Waals surface area contributed by atoms with Gasteiger partial charge >= 0.3 is 0 Å². The molecule has 0 aliphatic carbocycles. The minimum atomic E-state index is -0.224. The number of fused-ring (bicyclic) bond motifs is 1. The lowest BCUT2D eigenvalue weighted by atomic mass is 10.1. The fourth-order valence-corrected chi connectivity index (χ4v) is 4.06. The summed E-state index contributed by atoms with van der Waals surface area (Å²) >= 11 is 7.52. The summed E-state index contributed by atoms with van der Waals surface area (Å²) in [5, 5.41) is 6.35. The van der Waals surface area contributed by atoms with Gasteiger partial charge in [-0.3, -0.25) is 9.59 Å². The van der Waals surface area contributed by atoms with E-state index in [0.29, 0.717) is 27.7 Å². The molecule has 1 heterocycles. The number of hydrogen-bond acceptors (Lipinski definition) is 3. The summed E-state index contributed by atoms with van der Waals surface area (Å²) in [7, 11) is 0. The van der Waals surface area contributed by atoms with Crippen LogP contribution < -0.4 is 10.6 Å². The highest BCUT2D eigenvalue weighted by atomic mass is 35.5. The van der Waals surface area contributed by atoms with Crippen LogP contribution >= 0.6 is 23.4 Å². The maximum absolute atomic E-state index is 12.5. The summed E-state index contributed by atoms with van der Waals surface area (Å²) in [5.41, 5.74) is 2.92. The largest absolute Gasteiger partial charge is 0.348 e. The molecule has 3 aromatic carbocycles. The molecule has 2 N–H and O–H groups in total. The number of rotatable bonds is 4. The van der Waals surface area contributed by atoms with Gasteiger partial charge in [0.2, 0.25) is 0 Å². The van der Waals surface area contributed by atoms with E-state index in [4.69, 9.17) is 11.6 Å². The van der Waals surface area contributed by atoms with E-state index in [-0.39, 0.29) is 11.8 Å². The summed E-state index contributed by atoms with van der Waals surface area (Å²) in [6.45, 7) is 0.334. The highest BCUT2D eigenvalue weighted by molar-refractivity contribution is 8.04. The Kier molecular flexibility index (Phi) is 5.69. The predicted octanol–water partition coefficient (Wildman–Crippen LogP) is 5.36. The van der Waals surface area contributed by atoms with Crippen molar-refractivity contribution in [2.24, 2.45) is 0 Å². The van der Waals surface area contributed by atoms with Crippen LogP contribution in [0, 0.1) is 0 Å². The average Bonchev–Trinajstić information content (AvgIpc) is 2.74. The second-order valence-corrected chi connectivity index (χ2v) is 7.95. The van der Waals surface area contributed by atoms with Crippen LogP contribution in [0.25, 0.3) is 6.08 Å². The summed E-state index contributed by atoms with van der Waals surface area (Å²) in [6.07, 6.45) is 1.85. The van der Waals surface area contributed by atoms with Gasteiger partial charge in [-0.25, -0.2) is 0 Å². The summed E-state index contributed by atoms with van der Waals surface area (Å²) in [4.78, 5) is 26.5. The lowest BCUT2D eigenvalue weighted by Gasteiger charge is -2.19. The van der Waals surface area contributed by atoms with Crippen molar-refractivity contribution >= 4 is 46.9 Å². The molecule has 0 fully saturated rings. The number of carbonyl (C=O) groups excluding carboxylic acids is 2. The van der Waals surface area contributed by atoms with E-state index in [9.17, 15) is 9.59 Å². The first-order valence-corrected chi connectivity index (χ1v) is 10.2. The first-order chi connectivity index (χ1) is 14.1. The lowest BCUT2D eigenvalue weighted by molar-refractivity contribution is -0.112. The van der Waals surface area contributed by atoms with Crippen LogP contribution in [-0.4, -0.2) is 11.8 Å². The highest BCUT2D eigenvalue weighted by Crippen LogP contribution is 2.39. The third-order valence-electron chi connectivity index (χ3n) is 4.43. The number of anilines is 1. The molecule has 0 aromatic heterocycles. The molecule has 0 unspecified atom stereocenters. The summed E-state index contributed by atoms with van der Waals surface area (Å²) < 4.78 is 0. The van der Waals surface area contributed by atoms with Crippen molar-refractivity contribution in [2.75, 3.05) is 5.32 Å². The molecule has 2 amide bonds. The number of nitrogens with one attached hydrogen (secondary N) is 2. The van der Waals surface area contributed by atoms with Crippen LogP contribution in [0.2, 0.25) is 5.02 Å². The Hall–Kier alpha value is -3.02. The van der Waals surface area contributed by atoms with Gasteiger partial charge in [0.25, 0.3) is 11.8 Å². The Bertz CT molecular complexity index is 1110. The van der Waals surface area contributed by atoms with Crippen LogP contribution in [0.3, 0.4) is 0 Å². The molecule has 0 saturated heterocycles. The molecule has 29 heavy (non-hydrogen) atoms. The number of amides is 2. The molecule has 0 bridgehead atoms. The fraction of sp³-hybridized carbons (Fsp3) is 0.0435. The maximum Gasteiger partial charge on any atom is 0.262 e. The zero-order chi connectivity index (χ0) is 20.2. The van der Waals surface area contributed by atoms with Gasteiger partial charge in [0, 0.05) is 22.0 Å². The van der Waals surface area contributed by atoms with Crippen LogP contribution in [0.5, 0.6) is 0 Å². The van der Waals surface area contributed by atoms with E-state index >= 15 is 0 Å². The van der Waals surface area contributed by atoms with E-state index in [1.54, 1.807) is 18.2 Å². The molecule has 1 aliphatic heterocycles. The van der Waals surface area contributed by atoms with Gasteiger partial charge in [0.15, 0.2) is 0 Å². The monoisotopic (exact) mass is 420 g/mol. The Morgan fingerprint density at radius 3 is 2.59 bits per heavy atom. The fourth-order valence-electron chi connectivity index (χ4n) is 2.92. The normalized spacial score (nSPS) is 14.2. The molecule has 0 radical (unpaired) electrons. The maximum atomic E-state index is 12.5. The third kappa shape index (κ3) is 4.53. The number of carbonyl (C=O) groups is 2. The van der Waals surface area contributed by atoms with E-state index in [1.165, 1.54) is 11.8 Å². The van der Waals surface area contributed by atoms with Crippen molar-refractivity contribution in [3.8, 4) is 0 Å². The van der Waals surface area contributed by atoms with Crippen LogP contribution in [0.4, 0.5) is 5.69 Å². The quantitative estimate of drug-likeness (QED) is 0.559. The third-order valence-corrected chi connectivity index (χ3v) is 5.90. The second-order valence-electron chi connectivity index (χ2n) is 6.46. The number of halogens is 1.